The van der Waals surface area contributed by atoms with Crippen LogP contribution in [0.25, 0.3) is 0 Å². The van der Waals surface area contributed by atoms with Crippen molar-refractivity contribution in [1.82, 2.24) is 0 Å². The minimum atomic E-state index is -4.25. The smallest absolute Gasteiger partial charge is 0.166 e. The van der Waals surface area contributed by atoms with Gasteiger partial charge in [-0.3, -0.25) is 0 Å². The van der Waals surface area contributed by atoms with Gasteiger partial charge in [0, 0.05) is 6.42 Å². The van der Waals surface area contributed by atoms with Crippen LogP contribution in [-0.4, -0.2) is 6.18 Å². The fraction of sp³-hybridized carbons (Fsp3) is 0.286. The average Bonchev–Trinajstić information content (AvgIpc) is 1.86. The summed E-state index contributed by atoms with van der Waals surface area (Å²) >= 11 is 2.92. The van der Waals surface area contributed by atoms with Crippen LogP contribution in [0.1, 0.15) is 6.42 Å². The number of halogens is 4. The van der Waals surface area contributed by atoms with E-state index in [0.717, 1.165) is 0 Å². The molecule has 0 bridgehead atoms. The lowest BCUT2D eigenvalue weighted by molar-refractivity contribution is -0.0927. The topological polar surface area (TPSA) is 0 Å². The van der Waals surface area contributed by atoms with E-state index in [1.54, 1.807) is 6.08 Å². The minimum Gasteiger partial charge on any atom is -0.166 e. The number of hydrogen-bond acceptors (Lipinski definition) is 0. The molecule has 0 nitrogen and oxygen atoms in total. The summed E-state index contributed by atoms with van der Waals surface area (Å²) in [6.07, 6.45) is -1.33. The highest BCUT2D eigenvalue weighted by Gasteiger charge is 2.33. The van der Waals surface area contributed by atoms with Crippen LogP contribution in [0.15, 0.2) is 27.9 Å². The third-order valence-corrected chi connectivity index (χ3v) is 1.66. The SMILES string of the molecule is FC(F)(F)C1=C=C(Br)C=CC1. The van der Waals surface area contributed by atoms with Gasteiger partial charge in [-0.25, -0.2) is 0 Å². The van der Waals surface area contributed by atoms with Crippen molar-refractivity contribution in [3.63, 3.8) is 0 Å². The van der Waals surface area contributed by atoms with Gasteiger partial charge in [0.25, 0.3) is 0 Å². The van der Waals surface area contributed by atoms with Crippen molar-refractivity contribution in [2.45, 2.75) is 12.6 Å². The second-order valence-electron chi connectivity index (χ2n) is 2.06. The molecule has 4 heteroatoms. The summed E-state index contributed by atoms with van der Waals surface area (Å²) in [5.41, 5.74) is 1.56. The molecular weight excluding hydrogens is 221 g/mol. The van der Waals surface area contributed by atoms with E-state index in [2.05, 4.69) is 21.7 Å². The maximum absolute atomic E-state index is 11.9. The normalized spacial score (nSPS) is 17.8. The Labute approximate surface area is 70.2 Å². The summed E-state index contributed by atoms with van der Waals surface area (Å²) in [5, 5.41) is 0. The first-order valence-corrected chi connectivity index (χ1v) is 3.68. The van der Waals surface area contributed by atoms with E-state index in [-0.39, 0.29) is 6.42 Å². The molecule has 0 aliphatic heterocycles. The van der Waals surface area contributed by atoms with Gasteiger partial charge in [0.05, 0.1) is 10.1 Å². The maximum Gasteiger partial charge on any atom is 0.420 e. The van der Waals surface area contributed by atoms with Crippen molar-refractivity contribution in [3.8, 4) is 0 Å². The van der Waals surface area contributed by atoms with Crippen molar-refractivity contribution in [3.05, 3.63) is 27.9 Å². The number of alkyl halides is 3. The molecule has 0 aromatic heterocycles. The highest BCUT2D eigenvalue weighted by molar-refractivity contribution is 9.11. The molecule has 0 radical (unpaired) electrons. The van der Waals surface area contributed by atoms with Gasteiger partial charge in [0.2, 0.25) is 0 Å². The third kappa shape index (κ3) is 2.24. The van der Waals surface area contributed by atoms with Crippen molar-refractivity contribution in [2.75, 3.05) is 0 Å². The zero-order valence-corrected chi connectivity index (χ0v) is 6.96. The summed E-state index contributed by atoms with van der Waals surface area (Å²) in [6.45, 7) is 0. The Morgan fingerprint density at radius 1 is 1.45 bits per heavy atom. The summed E-state index contributed by atoms with van der Waals surface area (Å²) < 4.78 is 36.2. The third-order valence-electron chi connectivity index (χ3n) is 1.20. The molecule has 0 aromatic carbocycles. The van der Waals surface area contributed by atoms with Crippen molar-refractivity contribution >= 4 is 15.9 Å². The van der Waals surface area contributed by atoms with E-state index in [9.17, 15) is 13.2 Å². The van der Waals surface area contributed by atoms with Crippen LogP contribution in [-0.2, 0) is 0 Å². The summed E-state index contributed by atoms with van der Waals surface area (Å²) in [6, 6.07) is 0. The minimum absolute atomic E-state index is 0.0847. The van der Waals surface area contributed by atoms with E-state index in [1.165, 1.54) is 6.08 Å². The van der Waals surface area contributed by atoms with E-state index >= 15 is 0 Å². The molecule has 0 saturated carbocycles. The Balaban J connectivity index is 3.01. The van der Waals surface area contributed by atoms with Gasteiger partial charge < -0.3 is 0 Å². The Bertz CT molecular complexity index is 253. The molecule has 0 amide bonds. The van der Waals surface area contributed by atoms with Gasteiger partial charge in [-0.05, 0) is 22.0 Å². The highest BCUT2D eigenvalue weighted by atomic mass is 79.9. The van der Waals surface area contributed by atoms with Crippen molar-refractivity contribution < 1.29 is 13.2 Å². The van der Waals surface area contributed by atoms with Crippen LogP contribution >= 0.6 is 15.9 Å². The van der Waals surface area contributed by atoms with Gasteiger partial charge in [-0.2, -0.15) is 13.2 Å². The van der Waals surface area contributed by atoms with Gasteiger partial charge in [0.1, 0.15) is 0 Å². The first kappa shape index (κ1) is 8.62. The molecule has 0 fully saturated rings. The largest absolute Gasteiger partial charge is 0.420 e. The molecule has 0 unspecified atom stereocenters. The van der Waals surface area contributed by atoms with E-state index < -0.39 is 11.7 Å². The second-order valence-corrected chi connectivity index (χ2v) is 2.91. The molecule has 1 aliphatic rings. The lowest BCUT2D eigenvalue weighted by atomic mass is 10.1. The summed E-state index contributed by atoms with van der Waals surface area (Å²) in [7, 11) is 0. The molecule has 1 rings (SSSR count). The monoisotopic (exact) mass is 224 g/mol. The molecule has 11 heavy (non-hydrogen) atoms. The standard InChI is InChI=1S/C7H4BrF3/c8-6-3-1-2-5(4-6)7(9,10)11/h1,3H,2H2. The average molecular weight is 225 g/mol. The highest BCUT2D eigenvalue weighted by Crippen LogP contribution is 2.30. The van der Waals surface area contributed by atoms with Crippen molar-refractivity contribution in [2.24, 2.45) is 0 Å². The fourth-order valence-electron chi connectivity index (χ4n) is 0.704. The van der Waals surface area contributed by atoms with Crippen LogP contribution in [0.3, 0.4) is 0 Å². The Morgan fingerprint density at radius 3 is 2.45 bits per heavy atom. The molecule has 0 atom stereocenters. The van der Waals surface area contributed by atoms with E-state index in [1.807, 2.05) is 0 Å². The zero-order valence-electron chi connectivity index (χ0n) is 5.37. The molecule has 0 aromatic rings. The first-order valence-electron chi connectivity index (χ1n) is 2.89. The van der Waals surface area contributed by atoms with Crippen LogP contribution in [0, 0.1) is 0 Å². The lowest BCUT2D eigenvalue weighted by Crippen LogP contribution is -2.11. The van der Waals surface area contributed by atoms with E-state index in [0.29, 0.717) is 4.48 Å². The maximum atomic E-state index is 11.9. The Hall–Kier alpha value is -0.470. The van der Waals surface area contributed by atoms with Crippen LogP contribution in [0.5, 0.6) is 0 Å². The summed E-state index contributed by atoms with van der Waals surface area (Å²) in [4.78, 5) is 0. The van der Waals surface area contributed by atoms with Crippen molar-refractivity contribution in [1.29, 1.82) is 0 Å². The van der Waals surface area contributed by atoms with Gasteiger partial charge in [-0.15, -0.1) is 0 Å². The molecule has 0 spiro atoms. The van der Waals surface area contributed by atoms with Gasteiger partial charge >= 0.3 is 6.18 Å². The number of allylic oxidation sites excluding steroid dienone is 3. The van der Waals surface area contributed by atoms with E-state index in [4.69, 9.17) is 0 Å². The van der Waals surface area contributed by atoms with Crippen LogP contribution in [0.2, 0.25) is 0 Å². The first-order chi connectivity index (χ1) is 5.00. The molecule has 1 aliphatic carbocycles. The fourth-order valence-corrected chi connectivity index (χ4v) is 1.13. The molecule has 0 saturated heterocycles. The summed E-state index contributed by atoms with van der Waals surface area (Å²) in [5.74, 6) is 0. The zero-order chi connectivity index (χ0) is 8.48. The Kier molecular flexibility index (Phi) is 2.25. The Morgan fingerprint density at radius 2 is 2.09 bits per heavy atom. The lowest BCUT2D eigenvalue weighted by Gasteiger charge is -2.08. The van der Waals surface area contributed by atoms with Crippen LogP contribution in [0.4, 0.5) is 13.2 Å². The molecule has 0 N–H and O–H groups in total. The number of rotatable bonds is 0. The predicted octanol–water partition coefficient (Wildman–Crippen LogP) is 3.31. The van der Waals surface area contributed by atoms with Gasteiger partial charge in [0.15, 0.2) is 0 Å². The second kappa shape index (κ2) is 2.88. The number of hydrogen-bond donors (Lipinski definition) is 0. The molecular formula is C7H4BrF3. The predicted molar refractivity (Wildman–Crippen MR) is 39.3 cm³/mol. The molecule has 0 heterocycles. The van der Waals surface area contributed by atoms with Gasteiger partial charge in [-0.1, -0.05) is 11.8 Å². The van der Waals surface area contributed by atoms with Crippen LogP contribution < -0.4 is 0 Å². The molecule has 60 valence electrons. The quantitative estimate of drug-likeness (QED) is 0.554.